The minimum Gasteiger partial charge on any atom is -0.504 e. The second-order valence-corrected chi connectivity index (χ2v) is 4.09. The molecular weight excluding hydrogens is 216 g/mol. The van der Waals surface area contributed by atoms with Crippen LogP contribution < -0.4 is 4.74 Å². The van der Waals surface area contributed by atoms with Crippen LogP contribution in [-0.4, -0.2) is 18.0 Å². The molecule has 1 aromatic carbocycles. The molecule has 0 heterocycles. The fraction of sp³-hybridized carbons (Fsp3) is 0.214. The van der Waals surface area contributed by atoms with E-state index in [0.717, 1.165) is 11.3 Å². The first kappa shape index (κ1) is 11.5. The van der Waals surface area contributed by atoms with Crippen molar-refractivity contribution in [3.8, 4) is 5.75 Å². The van der Waals surface area contributed by atoms with E-state index in [9.17, 15) is 9.90 Å². The van der Waals surface area contributed by atoms with Crippen LogP contribution in [0.2, 0.25) is 0 Å². The van der Waals surface area contributed by atoms with Crippen molar-refractivity contribution in [2.45, 2.75) is 12.8 Å². The molecule has 1 aromatic rings. The molecule has 1 unspecified atom stereocenters. The predicted molar refractivity (Wildman–Crippen MR) is 65.2 cm³/mol. The first-order valence-corrected chi connectivity index (χ1v) is 5.33. The van der Waals surface area contributed by atoms with Gasteiger partial charge in [-0.25, -0.2) is 0 Å². The molecule has 0 saturated carbocycles. The fourth-order valence-electron chi connectivity index (χ4n) is 2.11. The normalized spacial score (nSPS) is 20.0. The summed E-state index contributed by atoms with van der Waals surface area (Å²) in [6.07, 6.45) is 0. The Morgan fingerprint density at radius 2 is 1.88 bits per heavy atom. The average Bonchev–Trinajstić information content (AvgIpc) is 2.54. The Balaban J connectivity index is 2.40. The number of carbonyl (C=O) groups excluding carboxylic acids is 1. The van der Waals surface area contributed by atoms with E-state index in [4.69, 9.17) is 4.74 Å². The minimum atomic E-state index is -0.358. The Morgan fingerprint density at radius 3 is 2.29 bits per heavy atom. The van der Waals surface area contributed by atoms with Crippen molar-refractivity contribution in [1.82, 2.24) is 0 Å². The molecule has 3 nitrogen and oxygen atoms in total. The highest BCUT2D eigenvalue weighted by molar-refractivity contribution is 6.11. The van der Waals surface area contributed by atoms with Crippen molar-refractivity contribution in [3.05, 3.63) is 53.3 Å². The van der Waals surface area contributed by atoms with Crippen LogP contribution in [0.25, 0.3) is 0 Å². The Bertz CT molecular complexity index is 509. The zero-order chi connectivity index (χ0) is 12.6. The topological polar surface area (TPSA) is 46.5 Å². The minimum absolute atomic E-state index is 0.171. The highest BCUT2D eigenvalue weighted by atomic mass is 16.5. The van der Waals surface area contributed by atoms with Gasteiger partial charge in [0.2, 0.25) is 5.78 Å². The molecule has 2 rings (SSSR count). The number of hydrogen-bond acceptors (Lipinski definition) is 3. The number of Topliss-reactive ketones (excluding diaryl/α,β-unsaturated/α-hetero) is 1. The van der Waals surface area contributed by atoms with Crippen LogP contribution in [0, 0.1) is 0 Å². The predicted octanol–water partition coefficient (Wildman–Crippen LogP) is 2.75. The summed E-state index contributed by atoms with van der Waals surface area (Å²) >= 11 is 0. The van der Waals surface area contributed by atoms with Crippen LogP contribution in [0.3, 0.4) is 0 Å². The molecule has 0 aliphatic heterocycles. The zero-order valence-electron chi connectivity index (χ0n) is 9.86. The van der Waals surface area contributed by atoms with Crippen molar-refractivity contribution < 1.29 is 14.6 Å². The number of ether oxygens (including phenoxy) is 1. The van der Waals surface area contributed by atoms with Crippen LogP contribution in [-0.2, 0) is 4.79 Å². The molecule has 0 amide bonds. The van der Waals surface area contributed by atoms with Gasteiger partial charge in [0.1, 0.15) is 5.75 Å². The van der Waals surface area contributed by atoms with Gasteiger partial charge in [-0.15, -0.1) is 0 Å². The lowest BCUT2D eigenvalue weighted by Crippen LogP contribution is -2.02. The first-order chi connectivity index (χ1) is 8.06. The van der Waals surface area contributed by atoms with Crippen molar-refractivity contribution in [1.29, 1.82) is 0 Å². The van der Waals surface area contributed by atoms with Crippen molar-refractivity contribution in [2.24, 2.45) is 0 Å². The lowest BCUT2D eigenvalue weighted by molar-refractivity contribution is -0.114. The smallest absolute Gasteiger partial charge is 0.223 e. The van der Waals surface area contributed by atoms with Crippen LogP contribution >= 0.6 is 0 Å². The molecule has 0 bridgehead atoms. The van der Waals surface area contributed by atoms with Gasteiger partial charge in [0.25, 0.3) is 0 Å². The van der Waals surface area contributed by atoms with Gasteiger partial charge in [0, 0.05) is 11.5 Å². The van der Waals surface area contributed by atoms with E-state index in [2.05, 4.69) is 6.58 Å². The molecule has 0 aromatic heterocycles. The maximum absolute atomic E-state index is 11.6. The number of hydrogen-bond donors (Lipinski definition) is 1. The molecule has 1 aliphatic rings. The van der Waals surface area contributed by atoms with E-state index in [1.807, 2.05) is 24.3 Å². The van der Waals surface area contributed by atoms with Crippen LogP contribution in [0.4, 0.5) is 0 Å². The maximum Gasteiger partial charge on any atom is 0.223 e. The quantitative estimate of drug-likeness (QED) is 0.794. The van der Waals surface area contributed by atoms with Gasteiger partial charge < -0.3 is 9.84 Å². The van der Waals surface area contributed by atoms with Crippen molar-refractivity contribution >= 4 is 5.78 Å². The number of rotatable bonds is 2. The molecule has 17 heavy (non-hydrogen) atoms. The summed E-state index contributed by atoms with van der Waals surface area (Å²) in [7, 11) is 1.60. The summed E-state index contributed by atoms with van der Waals surface area (Å²) < 4.78 is 5.08. The Hall–Kier alpha value is -2.03. The lowest BCUT2D eigenvalue weighted by atomic mass is 9.90. The molecule has 3 heteroatoms. The molecule has 0 saturated heterocycles. The van der Waals surface area contributed by atoms with Gasteiger partial charge in [-0.1, -0.05) is 18.7 Å². The van der Waals surface area contributed by atoms with Crippen molar-refractivity contribution in [2.75, 3.05) is 7.11 Å². The molecule has 1 atom stereocenters. The van der Waals surface area contributed by atoms with Crippen molar-refractivity contribution in [3.63, 3.8) is 0 Å². The monoisotopic (exact) mass is 230 g/mol. The summed E-state index contributed by atoms with van der Waals surface area (Å²) in [5.41, 5.74) is 2.01. The third kappa shape index (κ3) is 1.73. The number of benzene rings is 1. The molecular formula is C14H14O3. The largest absolute Gasteiger partial charge is 0.504 e. The highest BCUT2D eigenvalue weighted by Gasteiger charge is 2.34. The highest BCUT2D eigenvalue weighted by Crippen LogP contribution is 2.39. The molecule has 88 valence electrons. The van der Waals surface area contributed by atoms with Gasteiger partial charge in [0.05, 0.1) is 7.11 Å². The maximum atomic E-state index is 11.6. The first-order valence-electron chi connectivity index (χ1n) is 5.33. The second kappa shape index (κ2) is 4.09. The summed E-state index contributed by atoms with van der Waals surface area (Å²) in [4.78, 5) is 11.6. The Kier molecular flexibility index (Phi) is 2.76. The van der Waals surface area contributed by atoms with Gasteiger partial charge in [-0.05, 0) is 30.2 Å². The summed E-state index contributed by atoms with van der Waals surface area (Å²) in [6.45, 7) is 5.50. The number of aliphatic hydroxyl groups is 1. The molecule has 0 radical (unpaired) electrons. The Morgan fingerprint density at radius 1 is 1.29 bits per heavy atom. The van der Waals surface area contributed by atoms with E-state index in [0.29, 0.717) is 11.1 Å². The van der Waals surface area contributed by atoms with E-state index in [1.54, 1.807) is 14.0 Å². The summed E-state index contributed by atoms with van der Waals surface area (Å²) in [6, 6.07) is 7.42. The summed E-state index contributed by atoms with van der Waals surface area (Å²) in [5, 5.41) is 9.61. The third-order valence-corrected chi connectivity index (χ3v) is 3.11. The van der Waals surface area contributed by atoms with E-state index < -0.39 is 0 Å². The molecule has 0 fully saturated rings. The SMILES string of the molecule is C=C1C(=O)C(O)=C(C)C1c1ccc(OC)cc1. The lowest BCUT2D eigenvalue weighted by Gasteiger charge is -2.13. The third-order valence-electron chi connectivity index (χ3n) is 3.11. The second-order valence-electron chi connectivity index (χ2n) is 4.09. The van der Waals surface area contributed by atoms with E-state index in [1.165, 1.54) is 0 Å². The summed E-state index contributed by atoms with van der Waals surface area (Å²) in [5.74, 6) is 0.0158. The number of methoxy groups -OCH3 is 1. The number of carbonyl (C=O) groups is 1. The zero-order valence-corrected chi connectivity index (χ0v) is 9.86. The van der Waals surface area contributed by atoms with Crippen LogP contribution in [0.5, 0.6) is 5.75 Å². The van der Waals surface area contributed by atoms with E-state index in [-0.39, 0.29) is 17.5 Å². The standard InChI is InChI=1S/C14H14O3/c1-8-12(9(2)14(16)13(8)15)10-4-6-11(17-3)7-5-10/h4-7,12,16H,1H2,2-3H3. The van der Waals surface area contributed by atoms with Gasteiger partial charge in [-0.3, -0.25) is 4.79 Å². The van der Waals surface area contributed by atoms with Gasteiger partial charge in [-0.2, -0.15) is 0 Å². The number of allylic oxidation sites excluding steroid dienone is 2. The van der Waals surface area contributed by atoms with Crippen LogP contribution in [0.15, 0.2) is 47.7 Å². The molecule has 1 N–H and O–H groups in total. The molecule has 1 aliphatic carbocycles. The van der Waals surface area contributed by atoms with Crippen LogP contribution in [0.1, 0.15) is 18.4 Å². The van der Waals surface area contributed by atoms with Gasteiger partial charge in [0.15, 0.2) is 5.76 Å². The van der Waals surface area contributed by atoms with Gasteiger partial charge >= 0.3 is 0 Å². The number of ketones is 1. The number of aliphatic hydroxyl groups excluding tert-OH is 1. The Labute approximate surface area is 100 Å². The fourth-order valence-corrected chi connectivity index (χ4v) is 2.11. The molecule has 0 spiro atoms. The average molecular weight is 230 g/mol. The van der Waals surface area contributed by atoms with E-state index >= 15 is 0 Å².